The zero-order valence-electron chi connectivity index (χ0n) is 11.4. The molecule has 0 fully saturated rings. The molecule has 0 atom stereocenters. The predicted octanol–water partition coefficient (Wildman–Crippen LogP) is 4.90. The first-order chi connectivity index (χ1) is 8.02. The zero-order chi connectivity index (χ0) is 12.6. The number of aryl methyl sites for hydroxylation is 2. The van der Waals surface area contributed by atoms with Crippen LogP contribution in [0.4, 0.5) is 0 Å². The summed E-state index contributed by atoms with van der Waals surface area (Å²) in [6, 6.07) is 10.9. The molecule has 2 aromatic rings. The van der Waals surface area contributed by atoms with Crippen molar-refractivity contribution in [3.8, 4) is 11.1 Å². The SMILES string of the molecule is Cc1ccccc1-c1cc(C)c(C)c(C)c1C. The van der Waals surface area contributed by atoms with E-state index < -0.39 is 0 Å². The van der Waals surface area contributed by atoms with Gasteiger partial charge in [0.1, 0.15) is 0 Å². The van der Waals surface area contributed by atoms with Crippen LogP contribution in [0.1, 0.15) is 27.8 Å². The molecule has 88 valence electrons. The average molecular weight is 224 g/mol. The van der Waals surface area contributed by atoms with E-state index in [0.717, 1.165) is 0 Å². The predicted molar refractivity (Wildman–Crippen MR) is 75.6 cm³/mol. The van der Waals surface area contributed by atoms with Gasteiger partial charge < -0.3 is 0 Å². The summed E-state index contributed by atoms with van der Waals surface area (Å²) in [6.45, 7) is 11.0. The van der Waals surface area contributed by atoms with Crippen molar-refractivity contribution in [3.05, 3.63) is 58.1 Å². The minimum absolute atomic E-state index is 1.35. The molecule has 0 nitrogen and oxygen atoms in total. The lowest BCUT2D eigenvalue weighted by atomic mass is 9.89. The standard InChI is InChI=1S/C17H20/c1-11-8-6-7-9-16(11)17-10-12(2)13(3)14(4)15(17)5/h6-10H,1-5H3. The van der Waals surface area contributed by atoms with Crippen molar-refractivity contribution < 1.29 is 0 Å². The Morgan fingerprint density at radius 2 is 1.24 bits per heavy atom. The fourth-order valence-electron chi connectivity index (χ4n) is 2.37. The minimum atomic E-state index is 1.35. The van der Waals surface area contributed by atoms with Crippen LogP contribution in [-0.4, -0.2) is 0 Å². The Morgan fingerprint density at radius 1 is 0.588 bits per heavy atom. The quantitative estimate of drug-likeness (QED) is 0.646. The fourth-order valence-corrected chi connectivity index (χ4v) is 2.37. The van der Waals surface area contributed by atoms with E-state index >= 15 is 0 Å². The summed E-state index contributed by atoms with van der Waals surface area (Å²) in [4.78, 5) is 0. The molecule has 0 saturated carbocycles. The zero-order valence-corrected chi connectivity index (χ0v) is 11.4. The van der Waals surface area contributed by atoms with Gasteiger partial charge in [0.05, 0.1) is 0 Å². The first-order valence-electron chi connectivity index (χ1n) is 6.15. The summed E-state index contributed by atoms with van der Waals surface area (Å²) >= 11 is 0. The van der Waals surface area contributed by atoms with E-state index in [0.29, 0.717) is 0 Å². The average Bonchev–Trinajstić information content (AvgIpc) is 2.32. The van der Waals surface area contributed by atoms with Crippen LogP contribution < -0.4 is 0 Å². The first kappa shape index (κ1) is 11.9. The van der Waals surface area contributed by atoms with E-state index in [9.17, 15) is 0 Å². The van der Waals surface area contributed by atoms with Crippen molar-refractivity contribution in [3.63, 3.8) is 0 Å². The Balaban J connectivity index is 2.73. The van der Waals surface area contributed by atoms with Gasteiger partial charge >= 0.3 is 0 Å². The van der Waals surface area contributed by atoms with Crippen LogP contribution >= 0.6 is 0 Å². The van der Waals surface area contributed by atoms with Crippen LogP contribution in [0.2, 0.25) is 0 Å². The second-order valence-corrected chi connectivity index (χ2v) is 4.93. The number of benzene rings is 2. The third kappa shape index (κ3) is 2.00. The van der Waals surface area contributed by atoms with Crippen LogP contribution in [0.25, 0.3) is 11.1 Å². The molecule has 0 unspecified atom stereocenters. The molecule has 0 aliphatic carbocycles. The molecule has 0 radical (unpaired) electrons. The van der Waals surface area contributed by atoms with Crippen molar-refractivity contribution in [2.75, 3.05) is 0 Å². The van der Waals surface area contributed by atoms with E-state index in [1.807, 2.05) is 0 Å². The molecule has 0 saturated heterocycles. The van der Waals surface area contributed by atoms with Gasteiger partial charge in [-0.3, -0.25) is 0 Å². The highest BCUT2D eigenvalue weighted by Gasteiger charge is 2.09. The number of rotatable bonds is 1. The van der Waals surface area contributed by atoms with E-state index in [1.54, 1.807) is 0 Å². The molecule has 0 aliphatic rings. The Labute approximate surface area is 104 Å². The third-order valence-electron chi connectivity index (χ3n) is 3.92. The maximum atomic E-state index is 2.32. The molecule has 17 heavy (non-hydrogen) atoms. The van der Waals surface area contributed by atoms with Gasteiger partial charge in [0, 0.05) is 0 Å². The highest BCUT2D eigenvalue weighted by Crippen LogP contribution is 2.31. The molecule has 0 aromatic heterocycles. The van der Waals surface area contributed by atoms with Crippen LogP contribution in [-0.2, 0) is 0 Å². The molecule has 0 spiro atoms. The molecule has 0 bridgehead atoms. The Hall–Kier alpha value is -1.56. The van der Waals surface area contributed by atoms with Crippen molar-refractivity contribution in [1.82, 2.24) is 0 Å². The van der Waals surface area contributed by atoms with Gasteiger partial charge in [-0.2, -0.15) is 0 Å². The molecule has 0 N–H and O–H groups in total. The van der Waals surface area contributed by atoms with E-state index in [2.05, 4.69) is 65.0 Å². The largest absolute Gasteiger partial charge is 0.0620 e. The van der Waals surface area contributed by atoms with Gasteiger partial charge in [-0.15, -0.1) is 0 Å². The molecule has 2 aromatic carbocycles. The number of hydrogen-bond donors (Lipinski definition) is 0. The van der Waals surface area contributed by atoms with E-state index in [-0.39, 0.29) is 0 Å². The molecule has 2 rings (SSSR count). The van der Waals surface area contributed by atoms with E-state index in [1.165, 1.54) is 38.9 Å². The van der Waals surface area contributed by atoms with Crippen LogP contribution in [0.3, 0.4) is 0 Å². The fraction of sp³-hybridized carbons (Fsp3) is 0.294. The molecular weight excluding hydrogens is 204 g/mol. The lowest BCUT2D eigenvalue weighted by molar-refractivity contribution is 1.21. The van der Waals surface area contributed by atoms with Crippen LogP contribution in [0.5, 0.6) is 0 Å². The maximum absolute atomic E-state index is 2.32. The third-order valence-corrected chi connectivity index (χ3v) is 3.92. The normalized spacial score (nSPS) is 10.6. The maximum Gasteiger partial charge on any atom is -0.0147 e. The van der Waals surface area contributed by atoms with E-state index in [4.69, 9.17) is 0 Å². The van der Waals surface area contributed by atoms with Crippen molar-refractivity contribution >= 4 is 0 Å². The molecule has 0 aliphatic heterocycles. The lowest BCUT2D eigenvalue weighted by Crippen LogP contribution is -1.95. The first-order valence-corrected chi connectivity index (χ1v) is 6.15. The van der Waals surface area contributed by atoms with Crippen molar-refractivity contribution in [1.29, 1.82) is 0 Å². The van der Waals surface area contributed by atoms with Crippen molar-refractivity contribution in [2.45, 2.75) is 34.6 Å². The highest BCUT2D eigenvalue weighted by molar-refractivity contribution is 5.73. The second-order valence-electron chi connectivity index (χ2n) is 4.93. The van der Waals surface area contributed by atoms with Gasteiger partial charge in [-0.25, -0.2) is 0 Å². The summed E-state index contributed by atoms with van der Waals surface area (Å²) in [6.07, 6.45) is 0. The van der Waals surface area contributed by atoms with Crippen LogP contribution in [0, 0.1) is 34.6 Å². The minimum Gasteiger partial charge on any atom is -0.0620 e. The van der Waals surface area contributed by atoms with Gasteiger partial charge in [0.2, 0.25) is 0 Å². The summed E-state index contributed by atoms with van der Waals surface area (Å²) in [7, 11) is 0. The molecule has 0 heterocycles. The lowest BCUT2D eigenvalue weighted by Gasteiger charge is -2.16. The van der Waals surface area contributed by atoms with Gasteiger partial charge in [0.15, 0.2) is 0 Å². The van der Waals surface area contributed by atoms with Crippen molar-refractivity contribution in [2.24, 2.45) is 0 Å². The Morgan fingerprint density at radius 3 is 1.88 bits per heavy atom. The summed E-state index contributed by atoms with van der Waals surface area (Å²) in [5.74, 6) is 0. The van der Waals surface area contributed by atoms with Crippen LogP contribution in [0.15, 0.2) is 30.3 Å². The topological polar surface area (TPSA) is 0 Å². The monoisotopic (exact) mass is 224 g/mol. The highest BCUT2D eigenvalue weighted by atomic mass is 14.1. The Bertz CT molecular complexity index is 562. The van der Waals surface area contributed by atoms with Gasteiger partial charge in [-0.05, 0) is 73.6 Å². The molecule has 0 amide bonds. The Kier molecular flexibility index (Phi) is 3.06. The summed E-state index contributed by atoms with van der Waals surface area (Å²) in [5.41, 5.74) is 9.70. The number of hydrogen-bond acceptors (Lipinski definition) is 0. The summed E-state index contributed by atoms with van der Waals surface area (Å²) < 4.78 is 0. The van der Waals surface area contributed by atoms with Gasteiger partial charge in [0.25, 0.3) is 0 Å². The molecular formula is C17H20. The van der Waals surface area contributed by atoms with Gasteiger partial charge in [-0.1, -0.05) is 30.3 Å². The molecule has 0 heteroatoms. The summed E-state index contributed by atoms with van der Waals surface area (Å²) in [5, 5.41) is 0. The second kappa shape index (κ2) is 4.37. The smallest absolute Gasteiger partial charge is 0.0147 e.